The van der Waals surface area contributed by atoms with Crippen molar-refractivity contribution in [3.8, 4) is 0 Å². The van der Waals surface area contributed by atoms with Gasteiger partial charge in [0.25, 0.3) is 0 Å². The van der Waals surface area contributed by atoms with Crippen molar-refractivity contribution in [3.63, 3.8) is 0 Å². The first-order chi connectivity index (χ1) is 11.7. The Kier molecular flexibility index (Phi) is 7.95. The molecule has 3 atom stereocenters. The molecule has 0 spiro atoms. The van der Waals surface area contributed by atoms with Gasteiger partial charge >= 0.3 is 6.18 Å². The summed E-state index contributed by atoms with van der Waals surface area (Å²) in [5, 5.41) is 9.63. The van der Waals surface area contributed by atoms with Gasteiger partial charge in [0.05, 0.1) is 6.61 Å². The molecule has 2 unspecified atom stereocenters. The minimum absolute atomic E-state index is 0.0781. The molecule has 26 heavy (non-hydrogen) atoms. The molecule has 0 bridgehead atoms. The van der Waals surface area contributed by atoms with Gasteiger partial charge in [0.15, 0.2) is 0 Å². The highest BCUT2D eigenvalue weighted by molar-refractivity contribution is 9.10. The first-order valence-electron chi connectivity index (χ1n) is 7.65. The Balaban J connectivity index is 3.37. The van der Waals surface area contributed by atoms with Gasteiger partial charge in [0, 0.05) is 21.4 Å². The second-order valence-electron chi connectivity index (χ2n) is 6.91. The zero-order valence-corrected chi connectivity index (χ0v) is 17.2. The number of aliphatic hydroxyl groups excluding tert-OH is 1. The number of rotatable bonds is 7. The molecule has 1 rings (SSSR count). The maximum absolute atomic E-state index is 14.5. The molecule has 0 fully saturated rings. The van der Waals surface area contributed by atoms with Crippen LogP contribution in [0.1, 0.15) is 33.3 Å². The zero-order valence-electron chi connectivity index (χ0n) is 14.8. The summed E-state index contributed by atoms with van der Waals surface area (Å²) < 4.78 is 71.9. The van der Waals surface area contributed by atoms with E-state index < -0.39 is 53.0 Å². The molecule has 0 aliphatic heterocycles. The number of hydrogen-bond acceptors (Lipinski definition) is 4. The van der Waals surface area contributed by atoms with Crippen LogP contribution in [0.3, 0.4) is 0 Å². The summed E-state index contributed by atoms with van der Waals surface area (Å²) in [5.74, 6) is -0.733. The summed E-state index contributed by atoms with van der Waals surface area (Å²) in [5.41, 5.74) is -1.77. The van der Waals surface area contributed by atoms with E-state index in [1.807, 2.05) is 0 Å². The number of hydrogen-bond donors (Lipinski definition) is 2. The second kappa shape index (κ2) is 8.74. The van der Waals surface area contributed by atoms with Crippen LogP contribution in [0.4, 0.5) is 17.6 Å². The molecule has 0 amide bonds. The zero-order chi connectivity index (χ0) is 20.3. The van der Waals surface area contributed by atoms with Crippen LogP contribution in [0.15, 0.2) is 22.7 Å². The van der Waals surface area contributed by atoms with Crippen molar-refractivity contribution in [3.05, 3.63) is 34.1 Å². The number of nitrogens with one attached hydrogen (secondary N) is 1. The van der Waals surface area contributed by atoms with E-state index in [4.69, 9.17) is 4.74 Å². The van der Waals surface area contributed by atoms with Gasteiger partial charge < -0.3 is 14.4 Å². The molecule has 1 aromatic rings. The second-order valence-corrected chi connectivity index (χ2v) is 9.79. The lowest BCUT2D eigenvalue weighted by Crippen LogP contribution is -2.58. The van der Waals surface area contributed by atoms with Crippen molar-refractivity contribution in [2.24, 2.45) is 0 Å². The topological polar surface area (TPSA) is 64.5 Å². The highest BCUT2D eigenvalue weighted by Crippen LogP contribution is 2.34. The Morgan fingerprint density at radius 3 is 2.31 bits per heavy atom. The lowest BCUT2D eigenvalue weighted by Gasteiger charge is -2.39. The number of benzene rings is 1. The van der Waals surface area contributed by atoms with Gasteiger partial charge in [-0.05, 0) is 45.9 Å². The predicted octanol–water partition coefficient (Wildman–Crippen LogP) is 3.80. The number of alkyl halides is 3. The van der Waals surface area contributed by atoms with Gasteiger partial charge in [0.1, 0.15) is 28.8 Å². The van der Waals surface area contributed by atoms with Crippen LogP contribution < -0.4 is 4.72 Å². The lowest BCUT2D eigenvalue weighted by molar-refractivity contribution is -0.196. The first-order valence-corrected chi connectivity index (χ1v) is 9.59. The molecular weight excluding hydrogens is 442 g/mol. The highest BCUT2D eigenvalue weighted by atomic mass is 79.9. The smallest absolute Gasteiger partial charge is 0.411 e. The van der Waals surface area contributed by atoms with Crippen LogP contribution in [-0.4, -0.2) is 39.9 Å². The molecule has 10 heteroatoms. The van der Waals surface area contributed by atoms with Crippen LogP contribution >= 0.6 is 15.9 Å². The first kappa shape index (κ1) is 23.6. The molecule has 0 heterocycles. The van der Waals surface area contributed by atoms with Crippen molar-refractivity contribution in [1.29, 1.82) is 0 Å². The molecule has 150 valence electrons. The van der Waals surface area contributed by atoms with Crippen LogP contribution in [-0.2, 0) is 21.6 Å². The van der Waals surface area contributed by atoms with E-state index in [0.29, 0.717) is 4.47 Å². The molecular formula is C16H22BrF4NO3S. The van der Waals surface area contributed by atoms with Crippen LogP contribution in [0.5, 0.6) is 0 Å². The monoisotopic (exact) mass is 463 g/mol. The molecule has 0 saturated carbocycles. The van der Waals surface area contributed by atoms with Gasteiger partial charge in [0.2, 0.25) is 0 Å². The van der Waals surface area contributed by atoms with Gasteiger partial charge in [-0.1, -0.05) is 15.9 Å². The van der Waals surface area contributed by atoms with E-state index in [2.05, 4.69) is 20.7 Å². The molecule has 2 N–H and O–H groups in total. The SMILES string of the molecule is CC(N[S@+]([O-])C(C)(C)C)(c1cc(Br)ccc1F)C(CO)OCC(F)(F)F. The minimum atomic E-state index is -4.63. The van der Waals surface area contributed by atoms with E-state index in [0.717, 1.165) is 6.07 Å². The third-order valence-electron chi connectivity index (χ3n) is 3.61. The van der Waals surface area contributed by atoms with Crippen LogP contribution in [0, 0.1) is 5.82 Å². The standard InChI is InChI=1S/C16H22BrF4NO3S/c1-14(2,3)26(24)22-15(4,11-7-10(17)5-6-12(11)18)13(8-23)25-9-16(19,20)21/h5-7,13,22-23H,8-9H2,1-4H3/t13?,15?,26-/m1/s1. The average Bonchev–Trinajstić information content (AvgIpc) is 2.48. The molecule has 0 radical (unpaired) electrons. The Labute approximate surface area is 161 Å². The van der Waals surface area contributed by atoms with Crippen molar-refractivity contribution in [2.75, 3.05) is 13.2 Å². The Morgan fingerprint density at radius 2 is 1.85 bits per heavy atom. The van der Waals surface area contributed by atoms with Crippen molar-refractivity contribution in [1.82, 2.24) is 4.72 Å². The Hall–Kier alpha value is -0.390. The fourth-order valence-electron chi connectivity index (χ4n) is 2.13. The number of halogens is 5. The maximum Gasteiger partial charge on any atom is 0.411 e. The molecule has 0 saturated heterocycles. The molecule has 4 nitrogen and oxygen atoms in total. The molecule has 1 aromatic carbocycles. The quantitative estimate of drug-likeness (QED) is 0.476. The van der Waals surface area contributed by atoms with Crippen molar-refractivity contribution in [2.45, 2.75) is 50.3 Å². The van der Waals surface area contributed by atoms with E-state index in [9.17, 15) is 27.2 Å². The maximum atomic E-state index is 14.5. The van der Waals surface area contributed by atoms with Crippen molar-refractivity contribution >= 4 is 27.3 Å². The van der Waals surface area contributed by atoms with E-state index in [1.165, 1.54) is 19.1 Å². The summed E-state index contributed by atoms with van der Waals surface area (Å²) in [4.78, 5) is 0. The third kappa shape index (κ3) is 6.35. The van der Waals surface area contributed by atoms with E-state index in [-0.39, 0.29) is 5.56 Å². The largest absolute Gasteiger partial charge is 0.598 e. The molecule has 0 aromatic heterocycles. The van der Waals surface area contributed by atoms with Gasteiger partial charge in [-0.15, -0.1) is 4.72 Å². The van der Waals surface area contributed by atoms with Crippen LogP contribution in [0.25, 0.3) is 0 Å². The average molecular weight is 464 g/mol. The van der Waals surface area contributed by atoms with Gasteiger partial charge in [-0.25, -0.2) is 4.39 Å². The van der Waals surface area contributed by atoms with E-state index >= 15 is 0 Å². The fourth-order valence-corrected chi connectivity index (χ4v) is 3.43. The fraction of sp³-hybridized carbons (Fsp3) is 0.625. The molecule has 0 aliphatic carbocycles. The summed E-state index contributed by atoms with van der Waals surface area (Å²) in [6.45, 7) is 3.83. The van der Waals surface area contributed by atoms with E-state index in [1.54, 1.807) is 20.8 Å². The Bertz CT molecular complexity index is 612. The summed E-state index contributed by atoms with van der Waals surface area (Å²) in [6.07, 6.45) is -6.13. The highest BCUT2D eigenvalue weighted by Gasteiger charge is 2.46. The number of ether oxygens (including phenoxy) is 1. The van der Waals surface area contributed by atoms with Gasteiger partial charge in [-0.3, -0.25) is 0 Å². The minimum Gasteiger partial charge on any atom is -0.598 e. The third-order valence-corrected chi connectivity index (χ3v) is 5.82. The Morgan fingerprint density at radius 1 is 1.27 bits per heavy atom. The summed E-state index contributed by atoms with van der Waals surface area (Å²) in [6, 6.07) is 3.89. The predicted molar refractivity (Wildman–Crippen MR) is 95.4 cm³/mol. The van der Waals surface area contributed by atoms with Crippen LogP contribution in [0.2, 0.25) is 0 Å². The van der Waals surface area contributed by atoms with Gasteiger partial charge in [-0.2, -0.15) is 13.2 Å². The summed E-state index contributed by atoms with van der Waals surface area (Å²) in [7, 11) is 0. The molecule has 0 aliphatic rings. The number of aliphatic hydroxyl groups is 1. The van der Waals surface area contributed by atoms with Crippen molar-refractivity contribution < 1.29 is 32.0 Å². The summed E-state index contributed by atoms with van der Waals surface area (Å²) >= 11 is 1.41. The lowest BCUT2D eigenvalue weighted by atomic mass is 9.87. The normalized spacial score (nSPS) is 17.7.